The first kappa shape index (κ1) is 15.9. The summed E-state index contributed by atoms with van der Waals surface area (Å²) in [7, 11) is 0. The van der Waals surface area contributed by atoms with Gasteiger partial charge in [-0.25, -0.2) is 0 Å². The van der Waals surface area contributed by atoms with E-state index in [0.717, 1.165) is 5.75 Å². The van der Waals surface area contributed by atoms with Gasteiger partial charge in [0.05, 0.1) is 6.61 Å². The summed E-state index contributed by atoms with van der Waals surface area (Å²) < 4.78 is 5.61. The zero-order chi connectivity index (χ0) is 18.2. The summed E-state index contributed by atoms with van der Waals surface area (Å²) >= 11 is 0. The summed E-state index contributed by atoms with van der Waals surface area (Å²) in [6.45, 7) is 2.70. The van der Waals surface area contributed by atoms with Crippen LogP contribution in [-0.2, 0) is 0 Å². The van der Waals surface area contributed by atoms with E-state index >= 15 is 0 Å². The van der Waals surface area contributed by atoms with Crippen LogP contribution in [0.4, 0.5) is 0 Å². The maximum atomic E-state index is 5.61. The van der Waals surface area contributed by atoms with Gasteiger partial charge in [-0.05, 0) is 74.6 Å². The van der Waals surface area contributed by atoms with Crippen molar-refractivity contribution in [2.24, 2.45) is 0 Å². The fourth-order valence-electron chi connectivity index (χ4n) is 3.85. The van der Waals surface area contributed by atoms with Crippen LogP contribution in [-0.4, -0.2) is 6.61 Å². The molecule has 0 amide bonds. The predicted molar refractivity (Wildman–Crippen MR) is 116 cm³/mol. The molecule has 0 aliphatic heterocycles. The van der Waals surface area contributed by atoms with Gasteiger partial charge in [0, 0.05) is 0 Å². The fourth-order valence-corrected chi connectivity index (χ4v) is 3.85. The van der Waals surface area contributed by atoms with Gasteiger partial charge in [0.2, 0.25) is 0 Å². The van der Waals surface area contributed by atoms with E-state index in [-0.39, 0.29) is 0 Å². The highest BCUT2D eigenvalue weighted by molar-refractivity contribution is 6.08. The molecule has 130 valence electrons. The molecule has 0 aliphatic rings. The zero-order valence-corrected chi connectivity index (χ0v) is 15.3. The van der Waals surface area contributed by atoms with Crippen LogP contribution in [0.5, 0.6) is 5.75 Å². The molecule has 0 aliphatic carbocycles. The van der Waals surface area contributed by atoms with Gasteiger partial charge in [0.1, 0.15) is 5.75 Å². The molecule has 0 radical (unpaired) electrons. The Kier molecular flexibility index (Phi) is 3.79. The minimum atomic E-state index is 0.690. The highest BCUT2D eigenvalue weighted by Crippen LogP contribution is 2.31. The molecule has 5 aromatic carbocycles. The van der Waals surface area contributed by atoms with E-state index in [1.165, 1.54) is 43.4 Å². The van der Waals surface area contributed by atoms with Crippen molar-refractivity contribution in [3.63, 3.8) is 0 Å². The molecule has 0 bridgehead atoms. The molecule has 0 heterocycles. The molecule has 0 aromatic heterocycles. The van der Waals surface area contributed by atoms with Crippen molar-refractivity contribution in [3.05, 3.63) is 91.0 Å². The Morgan fingerprint density at radius 3 is 2.07 bits per heavy atom. The Morgan fingerprint density at radius 1 is 0.556 bits per heavy atom. The molecule has 1 nitrogen and oxygen atoms in total. The number of fused-ring (bicyclic) bond motifs is 4. The Balaban J connectivity index is 1.61. The van der Waals surface area contributed by atoms with Gasteiger partial charge in [-0.1, -0.05) is 66.7 Å². The van der Waals surface area contributed by atoms with E-state index in [1.807, 2.05) is 13.0 Å². The minimum absolute atomic E-state index is 0.690. The van der Waals surface area contributed by atoms with Crippen molar-refractivity contribution in [1.29, 1.82) is 0 Å². The number of hydrogen-bond acceptors (Lipinski definition) is 1. The van der Waals surface area contributed by atoms with E-state index in [0.29, 0.717) is 6.61 Å². The van der Waals surface area contributed by atoms with E-state index in [9.17, 15) is 0 Å². The molecule has 0 saturated carbocycles. The first-order valence-electron chi connectivity index (χ1n) is 9.40. The summed E-state index contributed by atoms with van der Waals surface area (Å²) in [6.07, 6.45) is 0. The van der Waals surface area contributed by atoms with Crippen molar-refractivity contribution in [2.45, 2.75) is 6.92 Å². The van der Waals surface area contributed by atoms with Crippen molar-refractivity contribution in [1.82, 2.24) is 0 Å². The molecule has 5 rings (SSSR count). The van der Waals surface area contributed by atoms with Crippen molar-refractivity contribution in [2.75, 3.05) is 6.61 Å². The summed E-state index contributed by atoms with van der Waals surface area (Å²) in [5, 5.41) is 7.61. The molecule has 1 heteroatoms. The smallest absolute Gasteiger partial charge is 0.119 e. The lowest BCUT2D eigenvalue weighted by molar-refractivity contribution is 0.341. The maximum absolute atomic E-state index is 5.61. The van der Waals surface area contributed by atoms with Crippen molar-refractivity contribution < 1.29 is 4.74 Å². The van der Waals surface area contributed by atoms with Crippen LogP contribution >= 0.6 is 0 Å². The van der Waals surface area contributed by atoms with Crippen LogP contribution in [0, 0.1) is 0 Å². The molecule has 0 N–H and O–H groups in total. The number of rotatable bonds is 3. The van der Waals surface area contributed by atoms with E-state index in [2.05, 4.69) is 84.9 Å². The number of hydrogen-bond donors (Lipinski definition) is 0. The summed E-state index contributed by atoms with van der Waals surface area (Å²) in [6, 6.07) is 32.7. The first-order valence-corrected chi connectivity index (χ1v) is 9.40. The second kappa shape index (κ2) is 6.44. The predicted octanol–water partition coefficient (Wildman–Crippen LogP) is 7.21. The van der Waals surface area contributed by atoms with Gasteiger partial charge in [-0.15, -0.1) is 0 Å². The summed E-state index contributed by atoms with van der Waals surface area (Å²) in [5.41, 5.74) is 2.48. The highest BCUT2D eigenvalue weighted by atomic mass is 16.5. The van der Waals surface area contributed by atoms with Crippen LogP contribution in [0.2, 0.25) is 0 Å². The van der Waals surface area contributed by atoms with Gasteiger partial charge >= 0.3 is 0 Å². The third-order valence-corrected chi connectivity index (χ3v) is 5.20. The Hall–Kier alpha value is -3.32. The van der Waals surface area contributed by atoms with Gasteiger partial charge in [0.25, 0.3) is 0 Å². The minimum Gasteiger partial charge on any atom is -0.494 e. The largest absolute Gasteiger partial charge is 0.494 e. The van der Waals surface area contributed by atoms with Crippen LogP contribution in [0.1, 0.15) is 6.92 Å². The normalized spacial score (nSPS) is 11.3. The lowest BCUT2D eigenvalue weighted by atomic mass is 9.96. The van der Waals surface area contributed by atoms with E-state index in [1.54, 1.807) is 0 Å². The molecule has 27 heavy (non-hydrogen) atoms. The molecule has 0 fully saturated rings. The quantitative estimate of drug-likeness (QED) is 0.313. The van der Waals surface area contributed by atoms with Crippen molar-refractivity contribution >= 4 is 32.3 Å². The average molecular weight is 348 g/mol. The topological polar surface area (TPSA) is 9.23 Å². The van der Waals surface area contributed by atoms with Crippen LogP contribution < -0.4 is 4.74 Å². The third-order valence-electron chi connectivity index (χ3n) is 5.20. The monoisotopic (exact) mass is 348 g/mol. The van der Waals surface area contributed by atoms with Gasteiger partial charge in [-0.3, -0.25) is 0 Å². The Morgan fingerprint density at radius 2 is 1.19 bits per heavy atom. The second-order valence-electron chi connectivity index (χ2n) is 6.88. The molecule has 5 aromatic rings. The molecular weight excluding hydrogens is 328 g/mol. The molecular formula is C26H20O. The number of ether oxygens (including phenoxy) is 1. The van der Waals surface area contributed by atoms with Crippen molar-refractivity contribution in [3.8, 4) is 16.9 Å². The average Bonchev–Trinajstić information content (AvgIpc) is 2.73. The summed E-state index contributed by atoms with van der Waals surface area (Å²) in [5.74, 6) is 0.926. The molecule has 0 atom stereocenters. The molecule has 0 unspecified atom stereocenters. The third kappa shape index (κ3) is 2.82. The molecule has 0 saturated heterocycles. The second-order valence-corrected chi connectivity index (χ2v) is 6.88. The summed E-state index contributed by atoms with van der Waals surface area (Å²) in [4.78, 5) is 0. The standard InChI is InChI=1S/C26H20O/c1-2-27-24-13-11-20-15-19(8-9-22(20)17-24)21-12-14-26-23(16-21)10-7-18-5-3-4-6-25(18)26/h3-17H,2H2,1H3. The first-order chi connectivity index (χ1) is 13.3. The number of benzene rings is 5. The lowest BCUT2D eigenvalue weighted by Gasteiger charge is -2.09. The van der Waals surface area contributed by atoms with Crippen LogP contribution in [0.15, 0.2) is 91.0 Å². The Bertz CT molecular complexity index is 1280. The fraction of sp³-hybridized carbons (Fsp3) is 0.0769. The van der Waals surface area contributed by atoms with Crippen LogP contribution in [0.3, 0.4) is 0 Å². The maximum Gasteiger partial charge on any atom is 0.119 e. The van der Waals surface area contributed by atoms with Crippen LogP contribution in [0.25, 0.3) is 43.4 Å². The molecule has 0 spiro atoms. The lowest BCUT2D eigenvalue weighted by Crippen LogP contribution is -1.90. The van der Waals surface area contributed by atoms with Gasteiger partial charge in [-0.2, -0.15) is 0 Å². The van der Waals surface area contributed by atoms with Gasteiger partial charge < -0.3 is 4.74 Å². The Labute approximate surface area is 158 Å². The SMILES string of the molecule is CCOc1ccc2cc(-c3ccc4c(ccc5ccccc54)c3)ccc2c1. The van der Waals surface area contributed by atoms with E-state index in [4.69, 9.17) is 4.74 Å². The zero-order valence-electron chi connectivity index (χ0n) is 15.3. The van der Waals surface area contributed by atoms with E-state index < -0.39 is 0 Å². The van der Waals surface area contributed by atoms with Gasteiger partial charge in [0.15, 0.2) is 0 Å². The highest BCUT2D eigenvalue weighted by Gasteiger charge is 2.05.